The van der Waals surface area contributed by atoms with E-state index in [2.05, 4.69) is 9.97 Å². The molecule has 0 aliphatic carbocycles. The van der Waals surface area contributed by atoms with E-state index in [1.807, 2.05) is 19.2 Å². The summed E-state index contributed by atoms with van der Waals surface area (Å²) in [5.41, 5.74) is 7.87. The summed E-state index contributed by atoms with van der Waals surface area (Å²) < 4.78 is 0. The normalized spacial score (nSPS) is 10.6. The highest BCUT2D eigenvalue weighted by atomic mass is 14.8. The van der Waals surface area contributed by atoms with Crippen molar-refractivity contribution in [2.75, 3.05) is 5.73 Å². The van der Waals surface area contributed by atoms with E-state index in [1.54, 1.807) is 6.20 Å². The number of rotatable bonds is 0. The predicted octanol–water partition coefficient (Wildman–Crippen LogP) is 1.45. The molecule has 3 nitrogen and oxygen atoms in total. The van der Waals surface area contributed by atoms with Gasteiger partial charge in [0, 0.05) is 17.8 Å². The van der Waals surface area contributed by atoms with Crippen LogP contribution < -0.4 is 5.73 Å². The van der Waals surface area contributed by atoms with Crippen LogP contribution in [0.5, 0.6) is 0 Å². The lowest BCUT2D eigenvalue weighted by Crippen LogP contribution is -1.89. The third kappa shape index (κ3) is 0.774. The van der Waals surface area contributed by atoms with Crippen molar-refractivity contribution in [2.45, 2.75) is 6.92 Å². The minimum Gasteiger partial charge on any atom is -0.383 e. The zero-order valence-corrected chi connectivity index (χ0v) is 6.26. The standard InChI is InChI=1S/C8H9N3/c1-5-4-11-6-2-3-10-8(9)7(5)6/h2-4,11H,1H3,(H2,9,10). The lowest BCUT2D eigenvalue weighted by atomic mass is 10.2. The van der Waals surface area contributed by atoms with Gasteiger partial charge in [0.1, 0.15) is 5.82 Å². The maximum atomic E-state index is 5.67. The summed E-state index contributed by atoms with van der Waals surface area (Å²) in [5, 5.41) is 1.03. The topological polar surface area (TPSA) is 54.7 Å². The van der Waals surface area contributed by atoms with Crippen LogP contribution in [0.3, 0.4) is 0 Å². The molecule has 0 unspecified atom stereocenters. The second-order valence-corrected chi connectivity index (χ2v) is 2.59. The van der Waals surface area contributed by atoms with E-state index in [4.69, 9.17) is 5.73 Å². The quantitative estimate of drug-likeness (QED) is 0.592. The largest absolute Gasteiger partial charge is 0.383 e. The summed E-state index contributed by atoms with van der Waals surface area (Å²) in [7, 11) is 0. The van der Waals surface area contributed by atoms with Gasteiger partial charge in [-0.25, -0.2) is 4.98 Å². The maximum Gasteiger partial charge on any atom is 0.133 e. The van der Waals surface area contributed by atoms with Crippen molar-refractivity contribution in [3.63, 3.8) is 0 Å². The molecule has 0 saturated carbocycles. The minimum atomic E-state index is 0.598. The van der Waals surface area contributed by atoms with Crippen molar-refractivity contribution in [1.29, 1.82) is 0 Å². The Kier molecular flexibility index (Phi) is 1.12. The van der Waals surface area contributed by atoms with Gasteiger partial charge in [0.25, 0.3) is 0 Å². The van der Waals surface area contributed by atoms with Crippen molar-refractivity contribution in [2.24, 2.45) is 0 Å². The number of nitrogens with one attached hydrogen (secondary N) is 1. The van der Waals surface area contributed by atoms with Crippen LogP contribution in [0.15, 0.2) is 18.5 Å². The fourth-order valence-corrected chi connectivity index (χ4v) is 1.27. The summed E-state index contributed by atoms with van der Waals surface area (Å²) in [5.74, 6) is 0.598. The van der Waals surface area contributed by atoms with Gasteiger partial charge in [0.05, 0.1) is 5.52 Å². The van der Waals surface area contributed by atoms with Gasteiger partial charge < -0.3 is 10.7 Å². The number of aromatic nitrogens is 2. The Morgan fingerprint density at radius 2 is 2.36 bits per heavy atom. The van der Waals surface area contributed by atoms with Crippen LogP contribution in [0.4, 0.5) is 5.82 Å². The SMILES string of the molecule is Cc1c[nH]c2ccnc(N)c12. The Hall–Kier alpha value is -1.51. The van der Waals surface area contributed by atoms with Crippen LogP contribution in [0.1, 0.15) is 5.56 Å². The Bertz CT molecular complexity index is 389. The van der Waals surface area contributed by atoms with Crippen molar-refractivity contribution >= 4 is 16.7 Å². The zero-order chi connectivity index (χ0) is 7.84. The van der Waals surface area contributed by atoms with Gasteiger partial charge in [-0.15, -0.1) is 0 Å². The molecule has 0 aliphatic rings. The Morgan fingerprint density at radius 3 is 3.09 bits per heavy atom. The van der Waals surface area contributed by atoms with Gasteiger partial charge in [-0.3, -0.25) is 0 Å². The molecule has 0 saturated heterocycles. The molecule has 11 heavy (non-hydrogen) atoms. The van der Waals surface area contributed by atoms with Crippen LogP contribution in [0.2, 0.25) is 0 Å². The van der Waals surface area contributed by atoms with E-state index in [1.165, 1.54) is 0 Å². The molecule has 0 radical (unpaired) electrons. The van der Waals surface area contributed by atoms with E-state index in [0.29, 0.717) is 5.82 Å². The van der Waals surface area contributed by atoms with Crippen LogP contribution in [0.25, 0.3) is 10.9 Å². The number of aromatic amines is 1. The lowest BCUT2D eigenvalue weighted by Gasteiger charge is -1.94. The third-order valence-corrected chi connectivity index (χ3v) is 1.82. The van der Waals surface area contributed by atoms with Crippen LogP contribution in [-0.4, -0.2) is 9.97 Å². The van der Waals surface area contributed by atoms with Gasteiger partial charge in [-0.05, 0) is 18.6 Å². The molecule has 2 aromatic heterocycles. The number of pyridine rings is 1. The van der Waals surface area contributed by atoms with E-state index in [9.17, 15) is 0 Å². The zero-order valence-electron chi connectivity index (χ0n) is 6.26. The molecule has 0 fully saturated rings. The van der Waals surface area contributed by atoms with Crippen molar-refractivity contribution in [3.8, 4) is 0 Å². The van der Waals surface area contributed by atoms with E-state index < -0.39 is 0 Å². The van der Waals surface area contributed by atoms with Crippen LogP contribution in [0, 0.1) is 6.92 Å². The fraction of sp³-hybridized carbons (Fsp3) is 0.125. The molecule has 0 bridgehead atoms. The third-order valence-electron chi connectivity index (χ3n) is 1.82. The first-order chi connectivity index (χ1) is 5.29. The van der Waals surface area contributed by atoms with E-state index in [-0.39, 0.29) is 0 Å². The van der Waals surface area contributed by atoms with Gasteiger partial charge >= 0.3 is 0 Å². The molecule has 2 rings (SSSR count). The number of aryl methyl sites for hydroxylation is 1. The minimum absolute atomic E-state index is 0.598. The molecular weight excluding hydrogens is 138 g/mol. The van der Waals surface area contributed by atoms with E-state index in [0.717, 1.165) is 16.5 Å². The smallest absolute Gasteiger partial charge is 0.133 e. The predicted molar refractivity (Wildman–Crippen MR) is 45.2 cm³/mol. The highest BCUT2D eigenvalue weighted by Crippen LogP contribution is 2.20. The van der Waals surface area contributed by atoms with Gasteiger partial charge in [-0.1, -0.05) is 0 Å². The Balaban J connectivity index is 2.96. The molecule has 3 N–H and O–H groups in total. The van der Waals surface area contributed by atoms with Gasteiger partial charge in [0.15, 0.2) is 0 Å². The van der Waals surface area contributed by atoms with Crippen molar-refractivity contribution in [3.05, 3.63) is 24.0 Å². The number of anilines is 1. The maximum absolute atomic E-state index is 5.67. The van der Waals surface area contributed by atoms with Gasteiger partial charge in [-0.2, -0.15) is 0 Å². The second kappa shape index (κ2) is 1.99. The highest BCUT2D eigenvalue weighted by Gasteiger charge is 2.01. The van der Waals surface area contributed by atoms with E-state index >= 15 is 0 Å². The average molecular weight is 147 g/mol. The molecule has 0 amide bonds. The summed E-state index contributed by atoms with van der Waals surface area (Å²) in [4.78, 5) is 7.11. The number of nitrogens with two attached hydrogens (primary N) is 1. The molecule has 3 heteroatoms. The Labute approximate surface area is 64.2 Å². The number of nitrogen functional groups attached to an aromatic ring is 1. The average Bonchev–Trinajstić information content (AvgIpc) is 2.34. The molecule has 0 aliphatic heterocycles. The summed E-state index contributed by atoms with van der Waals surface area (Å²) >= 11 is 0. The highest BCUT2D eigenvalue weighted by molar-refractivity contribution is 5.91. The number of hydrogen-bond donors (Lipinski definition) is 2. The number of nitrogens with zero attached hydrogens (tertiary/aromatic N) is 1. The molecule has 56 valence electrons. The van der Waals surface area contributed by atoms with Crippen molar-refractivity contribution in [1.82, 2.24) is 9.97 Å². The van der Waals surface area contributed by atoms with Crippen molar-refractivity contribution < 1.29 is 0 Å². The molecule has 2 aromatic rings. The molecule has 0 atom stereocenters. The number of fused-ring (bicyclic) bond motifs is 1. The summed E-state index contributed by atoms with van der Waals surface area (Å²) in [6.45, 7) is 2.01. The lowest BCUT2D eigenvalue weighted by molar-refractivity contribution is 1.36. The first-order valence-electron chi connectivity index (χ1n) is 3.47. The van der Waals surface area contributed by atoms with Crippen LogP contribution >= 0.6 is 0 Å². The molecular formula is C8H9N3. The first-order valence-corrected chi connectivity index (χ1v) is 3.47. The monoisotopic (exact) mass is 147 g/mol. The fourth-order valence-electron chi connectivity index (χ4n) is 1.27. The molecule has 0 spiro atoms. The first kappa shape index (κ1) is 6.22. The summed E-state index contributed by atoms with van der Waals surface area (Å²) in [6.07, 6.45) is 3.64. The van der Waals surface area contributed by atoms with Gasteiger partial charge in [0.2, 0.25) is 0 Å². The second-order valence-electron chi connectivity index (χ2n) is 2.59. The van der Waals surface area contributed by atoms with Crippen LogP contribution in [-0.2, 0) is 0 Å². The molecule has 2 heterocycles. The number of hydrogen-bond acceptors (Lipinski definition) is 2. The Morgan fingerprint density at radius 1 is 1.55 bits per heavy atom. The molecule has 0 aromatic carbocycles. The number of H-pyrrole nitrogens is 1. The summed E-state index contributed by atoms with van der Waals surface area (Å²) in [6, 6.07) is 1.92.